The Bertz CT molecular complexity index is 1120. The second-order valence-corrected chi connectivity index (χ2v) is 9.76. The number of amides is 3. The van der Waals surface area contributed by atoms with Crippen molar-refractivity contribution in [3.63, 3.8) is 0 Å². The molecule has 0 aliphatic carbocycles. The first-order valence-electron chi connectivity index (χ1n) is 11.1. The summed E-state index contributed by atoms with van der Waals surface area (Å²) in [5.41, 5.74) is 9.48. The monoisotopic (exact) mass is 562 g/mol. The number of carbonyl (C=O) groups excluding carboxylic acids is 3. The lowest BCUT2D eigenvalue weighted by Crippen LogP contribution is -2.49. The van der Waals surface area contributed by atoms with Gasteiger partial charge in [-0.25, -0.2) is 0 Å². The Morgan fingerprint density at radius 1 is 0.943 bits per heavy atom. The van der Waals surface area contributed by atoms with Gasteiger partial charge >= 0.3 is 0 Å². The van der Waals surface area contributed by atoms with Crippen LogP contribution in [0.5, 0.6) is 5.75 Å². The van der Waals surface area contributed by atoms with E-state index in [2.05, 4.69) is 37.4 Å². The summed E-state index contributed by atoms with van der Waals surface area (Å²) in [5.74, 6) is -0.348. The van der Waals surface area contributed by atoms with Crippen molar-refractivity contribution in [3.8, 4) is 5.75 Å². The van der Waals surface area contributed by atoms with E-state index in [0.717, 1.165) is 32.4 Å². The van der Waals surface area contributed by atoms with Crippen LogP contribution in [0, 0.1) is 20.8 Å². The number of nitrogens with one attached hydrogen (secondary N) is 4. The number of anilines is 1. The number of hydrogen-bond donors (Lipinski definition) is 4. The lowest BCUT2D eigenvalue weighted by Gasteiger charge is -2.16. The van der Waals surface area contributed by atoms with Crippen molar-refractivity contribution in [3.05, 3.63) is 57.1 Å². The van der Waals surface area contributed by atoms with Gasteiger partial charge in [0.15, 0.2) is 11.7 Å². The Balaban J connectivity index is 1.73. The van der Waals surface area contributed by atoms with Crippen LogP contribution in [0.1, 0.15) is 54.9 Å². The Kier molecular flexibility index (Phi) is 10.7. The zero-order chi connectivity index (χ0) is 26.1. The van der Waals surface area contributed by atoms with E-state index in [-0.39, 0.29) is 36.4 Å². The molecule has 0 saturated heterocycles. The van der Waals surface area contributed by atoms with E-state index in [0.29, 0.717) is 5.75 Å². The van der Waals surface area contributed by atoms with Gasteiger partial charge in [-0.15, -0.1) is 0 Å². The van der Waals surface area contributed by atoms with Crippen molar-refractivity contribution in [1.29, 1.82) is 0 Å². The number of carbonyl (C=O) groups is 3. The summed E-state index contributed by atoms with van der Waals surface area (Å²) in [6.45, 7) is 9.62. The van der Waals surface area contributed by atoms with Crippen LogP contribution < -0.4 is 26.2 Å². The van der Waals surface area contributed by atoms with Crippen molar-refractivity contribution in [2.24, 2.45) is 0 Å². The Hall–Kier alpha value is -2.98. The fourth-order valence-corrected chi connectivity index (χ4v) is 3.61. The molecule has 2 aromatic rings. The van der Waals surface area contributed by atoms with E-state index in [1.807, 2.05) is 65.0 Å². The number of hydrazine groups is 1. The van der Waals surface area contributed by atoms with Gasteiger partial charge in [0.1, 0.15) is 5.75 Å². The Labute approximate surface area is 219 Å². The first kappa shape index (κ1) is 28.3. The molecule has 0 saturated carbocycles. The number of hydrogen-bond acceptors (Lipinski definition) is 5. The van der Waals surface area contributed by atoms with Gasteiger partial charge in [0.05, 0.1) is 0 Å². The standard InChI is InChI=1S/C25H31BrN4O4S/c1-14(2)18-12-19(26)17(5)11-21(18)34-13-24(33)28-25(35)30-29-23(32)9-8-22(31)27-20-10-15(3)6-7-16(20)4/h6-7,10-12,14H,8-9,13H2,1-5H3,(H,27,31)(H,29,32)(H2,28,30,33,35). The number of benzene rings is 2. The molecule has 0 heterocycles. The third-order valence-corrected chi connectivity index (χ3v) is 6.14. The zero-order valence-electron chi connectivity index (χ0n) is 20.5. The first-order valence-corrected chi connectivity index (χ1v) is 12.3. The van der Waals surface area contributed by atoms with Crippen LogP contribution in [0.3, 0.4) is 0 Å². The molecule has 10 heteroatoms. The van der Waals surface area contributed by atoms with E-state index in [1.165, 1.54) is 0 Å². The summed E-state index contributed by atoms with van der Waals surface area (Å²) >= 11 is 8.55. The molecule has 0 aromatic heterocycles. The molecule has 3 amide bonds. The SMILES string of the molecule is Cc1ccc(C)c(NC(=O)CCC(=O)NNC(=S)NC(=O)COc2cc(C)c(Br)cc2C(C)C)c1. The van der Waals surface area contributed by atoms with Crippen LogP contribution in [-0.2, 0) is 14.4 Å². The average molecular weight is 564 g/mol. The van der Waals surface area contributed by atoms with Gasteiger partial charge in [0, 0.05) is 23.0 Å². The number of aryl methyl sites for hydroxylation is 3. The zero-order valence-corrected chi connectivity index (χ0v) is 22.9. The molecule has 0 fully saturated rings. The van der Waals surface area contributed by atoms with Crippen molar-refractivity contribution in [2.45, 2.75) is 53.4 Å². The minimum Gasteiger partial charge on any atom is -0.483 e. The fraction of sp³-hybridized carbons (Fsp3) is 0.360. The molecule has 35 heavy (non-hydrogen) atoms. The molecule has 0 spiro atoms. The van der Waals surface area contributed by atoms with E-state index < -0.39 is 11.8 Å². The van der Waals surface area contributed by atoms with Crippen molar-refractivity contribution in [2.75, 3.05) is 11.9 Å². The number of halogens is 1. The molecular weight excluding hydrogens is 532 g/mol. The molecule has 2 rings (SSSR count). The van der Waals surface area contributed by atoms with E-state index >= 15 is 0 Å². The normalized spacial score (nSPS) is 10.5. The highest BCUT2D eigenvalue weighted by atomic mass is 79.9. The average Bonchev–Trinajstić information content (AvgIpc) is 2.79. The van der Waals surface area contributed by atoms with Gasteiger partial charge in [-0.3, -0.25) is 30.6 Å². The van der Waals surface area contributed by atoms with Gasteiger partial charge in [0.25, 0.3) is 5.91 Å². The maximum Gasteiger partial charge on any atom is 0.264 e. The van der Waals surface area contributed by atoms with Gasteiger partial charge in [-0.1, -0.05) is 41.9 Å². The van der Waals surface area contributed by atoms with Crippen molar-refractivity contribution in [1.82, 2.24) is 16.2 Å². The predicted octanol–water partition coefficient (Wildman–Crippen LogP) is 4.32. The molecule has 4 N–H and O–H groups in total. The molecule has 0 radical (unpaired) electrons. The second kappa shape index (κ2) is 13.2. The van der Waals surface area contributed by atoms with Crippen molar-refractivity contribution < 1.29 is 19.1 Å². The third kappa shape index (κ3) is 9.29. The molecule has 0 atom stereocenters. The molecule has 0 bridgehead atoms. The molecule has 8 nitrogen and oxygen atoms in total. The summed E-state index contributed by atoms with van der Waals surface area (Å²) in [6.07, 6.45) is -0.0527. The van der Waals surface area contributed by atoms with Gasteiger partial charge in [-0.2, -0.15) is 0 Å². The summed E-state index contributed by atoms with van der Waals surface area (Å²) in [5, 5.41) is 5.17. The Morgan fingerprint density at radius 2 is 1.63 bits per heavy atom. The van der Waals surface area contributed by atoms with Gasteiger partial charge in [0.2, 0.25) is 11.8 Å². The Morgan fingerprint density at radius 3 is 2.31 bits per heavy atom. The molecule has 0 unspecified atom stereocenters. The molecule has 0 aliphatic heterocycles. The fourth-order valence-electron chi connectivity index (χ4n) is 3.08. The topological polar surface area (TPSA) is 109 Å². The summed E-state index contributed by atoms with van der Waals surface area (Å²) < 4.78 is 6.67. The lowest BCUT2D eigenvalue weighted by atomic mass is 10.0. The second-order valence-electron chi connectivity index (χ2n) is 8.50. The smallest absolute Gasteiger partial charge is 0.264 e. The van der Waals surface area contributed by atoms with Crippen molar-refractivity contribution >= 4 is 56.7 Å². The molecular formula is C25H31BrN4O4S. The highest BCUT2D eigenvalue weighted by Gasteiger charge is 2.14. The van der Waals surface area contributed by atoms with E-state index in [1.54, 1.807) is 0 Å². The first-order chi connectivity index (χ1) is 16.5. The quantitative estimate of drug-likeness (QED) is 0.282. The molecule has 2 aromatic carbocycles. The third-order valence-electron chi connectivity index (χ3n) is 5.09. The van der Waals surface area contributed by atoms with Crippen LogP contribution in [0.25, 0.3) is 0 Å². The molecule has 0 aliphatic rings. The highest BCUT2D eigenvalue weighted by Crippen LogP contribution is 2.32. The minimum absolute atomic E-state index is 0.00134. The van der Waals surface area contributed by atoms with Crippen LogP contribution in [0.15, 0.2) is 34.8 Å². The highest BCUT2D eigenvalue weighted by molar-refractivity contribution is 9.10. The maximum atomic E-state index is 12.2. The van der Waals surface area contributed by atoms with Crippen LogP contribution in [0.4, 0.5) is 5.69 Å². The molecule has 188 valence electrons. The number of thiocarbonyl (C=S) groups is 1. The lowest BCUT2D eigenvalue weighted by molar-refractivity contribution is -0.125. The minimum atomic E-state index is -0.472. The van der Waals surface area contributed by atoms with Crippen LogP contribution >= 0.6 is 28.1 Å². The largest absolute Gasteiger partial charge is 0.483 e. The van der Waals surface area contributed by atoms with Gasteiger partial charge < -0.3 is 10.1 Å². The van der Waals surface area contributed by atoms with Gasteiger partial charge in [-0.05, 0) is 79.4 Å². The van der Waals surface area contributed by atoms with Crippen LogP contribution in [0.2, 0.25) is 0 Å². The van der Waals surface area contributed by atoms with Crippen LogP contribution in [-0.4, -0.2) is 29.4 Å². The van der Waals surface area contributed by atoms with E-state index in [9.17, 15) is 14.4 Å². The number of ether oxygens (including phenoxy) is 1. The summed E-state index contributed by atoms with van der Waals surface area (Å²) in [7, 11) is 0. The predicted molar refractivity (Wildman–Crippen MR) is 144 cm³/mol. The summed E-state index contributed by atoms with van der Waals surface area (Å²) in [6, 6.07) is 9.62. The van der Waals surface area contributed by atoms with E-state index in [4.69, 9.17) is 17.0 Å². The summed E-state index contributed by atoms with van der Waals surface area (Å²) in [4.78, 5) is 36.4. The maximum absolute atomic E-state index is 12.2. The number of rotatable bonds is 8.